The first-order chi connectivity index (χ1) is 14.8. The van der Waals surface area contributed by atoms with Crippen LogP contribution in [0.4, 0.5) is 11.4 Å². The molecule has 166 valence electrons. The lowest BCUT2D eigenvalue weighted by Gasteiger charge is -2.21. The predicted molar refractivity (Wildman–Crippen MR) is 114 cm³/mol. The van der Waals surface area contributed by atoms with E-state index in [9.17, 15) is 19.7 Å². The Balaban J connectivity index is 2.27. The van der Waals surface area contributed by atoms with E-state index in [0.717, 1.165) is 6.07 Å². The molecule has 10 nitrogen and oxygen atoms in total. The molecule has 0 unspecified atom stereocenters. The largest absolute Gasteiger partial charge is 0.497 e. The van der Waals surface area contributed by atoms with Gasteiger partial charge in [-0.3, -0.25) is 19.7 Å². The first kappa shape index (κ1) is 23.5. The fraction of sp³-hybridized carbons (Fsp3) is 0.333. The molecule has 0 spiro atoms. The van der Waals surface area contributed by atoms with E-state index in [1.165, 1.54) is 25.2 Å². The van der Waals surface area contributed by atoms with Crippen molar-refractivity contribution in [2.75, 3.05) is 39.2 Å². The molecule has 0 saturated heterocycles. The Kier molecular flexibility index (Phi) is 8.18. The Morgan fingerprint density at radius 1 is 1.10 bits per heavy atom. The van der Waals surface area contributed by atoms with Crippen molar-refractivity contribution in [2.45, 2.75) is 13.8 Å². The SMILES string of the molecule is CCOc1cc([N+](=O)[O-])c(C(=O)N(CC)CC(=O)Nc2cccc(OC)c2)cc1OC. The van der Waals surface area contributed by atoms with E-state index in [0.29, 0.717) is 11.4 Å². The number of hydrogen-bond donors (Lipinski definition) is 1. The molecule has 0 aliphatic carbocycles. The minimum absolute atomic E-state index is 0.159. The Labute approximate surface area is 179 Å². The fourth-order valence-electron chi connectivity index (χ4n) is 2.87. The van der Waals surface area contributed by atoms with E-state index in [4.69, 9.17) is 14.2 Å². The highest BCUT2D eigenvalue weighted by molar-refractivity contribution is 6.02. The van der Waals surface area contributed by atoms with Crippen molar-refractivity contribution in [3.8, 4) is 17.2 Å². The number of methoxy groups -OCH3 is 2. The zero-order valence-electron chi connectivity index (χ0n) is 17.8. The number of anilines is 1. The number of rotatable bonds is 10. The number of amides is 2. The van der Waals surface area contributed by atoms with Gasteiger partial charge in [-0.15, -0.1) is 0 Å². The van der Waals surface area contributed by atoms with Crippen molar-refractivity contribution >= 4 is 23.2 Å². The number of nitro groups is 1. The van der Waals surface area contributed by atoms with Crippen LogP contribution in [0.2, 0.25) is 0 Å². The Hall–Kier alpha value is -3.82. The Bertz CT molecular complexity index is 962. The Morgan fingerprint density at radius 3 is 2.42 bits per heavy atom. The van der Waals surface area contributed by atoms with Gasteiger partial charge in [0.25, 0.3) is 11.6 Å². The van der Waals surface area contributed by atoms with Crippen molar-refractivity contribution in [3.63, 3.8) is 0 Å². The second-order valence-corrected chi connectivity index (χ2v) is 6.31. The first-order valence-corrected chi connectivity index (χ1v) is 9.56. The smallest absolute Gasteiger partial charge is 0.286 e. The quantitative estimate of drug-likeness (QED) is 0.453. The summed E-state index contributed by atoms with van der Waals surface area (Å²) in [7, 11) is 2.88. The molecule has 1 N–H and O–H groups in total. The van der Waals surface area contributed by atoms with Gasteiger partial charge < -0.3 is 24.4 Å². The standard InChI is InChI=1S/C21H25N3O7/c1-5-23(13-20(25)22-14-8-7-9-15(10-14)29-3)21(26)16-11-18(30-4)19(31-6-2)12-17(16)24(27)28/h7-12H,5-6,13H2,1-4H3,(H,22,25). The summed E-state index contributed by atoms with van der Waals surface area (Å²) in [6.45, 7) is 3.54. The molecule has 0 radical (unpaired) electrons. The van der Waals surface area contributed by atoms with Gasteiger partial charge in [-0.25, -0.2) is 0 Å². The number of carbonyl (C=O) groups excluding carboxylic acids is 2. The van der Waals surface area contributed by atoms with Crippen molar-refractivity contribution in [2.24, 2.45) is 0 Å². The summed E-state index contributed by atoms with van der Waals surface area (Å²) < 4.78 is 15.7. The van der Waals surface area contributed by atoms with Crippen LogP contribution in [0.25, 0.3) is 0 Å². The minimum Gasteiger partial charge on any atom is -0.497 e. The van der Waals surface area contributed by atoms with Crippen molar-refractivity contribution in [1.29, 1.82) is 0 Å². The molecule has 0 heterocycles. The lowest BCUT2D eigenvalue weighted by Crippen LogP contribution is -2.38. The van der Waals surface area contributed by atoms with Gasteiger partial charge in [0.15, 0.2) is 11.5 Å². The second-order valence-electron chi connectivity index (χ2n) is 6.31. The van der Waals surface area contributed by atoms with E-state index in [2.05, 4.69) is 5.32 Å². The average Bonchev–Trinajstić information content (AvgIpc) is 2.76. The van der Waals surface area contributed by atoms with Crippen LogP contribution in [0.15, 0.2) is 36.4 Å². The maximum Gasteiger partial charge on any atom is 0.286 e. The van der Waals surface area contributed by atoms with Crippen LogP contribution in [0.3, 0.4) is 0 Å². The maximum atomic E-state index is 13.1. The molecule has 31 heavy (non-hydrogen) atoms. The average molecular weight is 431 g/mol. The van der Waals surface area contributed by atoms with Crippen LogP contribution >= 0.6 is 0 Å². The highest BCUT2D eigenvalue weighted by Gasteiger charge is 2.28. The molecule has 0 fully saturated rings. The molecular weight excluding hydrogens is 406 g/mol. The van der Waals surface area contributed by atoms with Gasteiger partial charge >= 0.3 is 0 Å². The topological polar surface area (TPSA) is 120 Å². The van der Waals surface area contributed by atoms with Crippen LogP contribution in [-0.2, 0) is 4.79 Å². The van der Waals surface area contributed by atoms with Crippen LogP contribution < -0.4 is 19.5 Å². The first-order valence-electron chi connectivity index (χ1n) is 9.56. The summed E-state index contributed by atoms with van der Waals surface area (Å²) in [5.74, 6) is -0.210. The molecule has 0 bridgehead atoms. The zero-order chi connectivity index (χ0) is 23.0. The molecule has 0 saturated carbocycles. The molecule has 2 rings (SSSR count). The maximum absolute atomic E-state index is 13.1. The third-order valence-electron chi connectivity index (χ3n) is 4.37. The summed E-state index contributed by atoms with van der Waals surface area (Å²) in [5.41, 5.74) is -0.121. The second kappa shape index (κ2) is 10.8. The third-order valence-corrected chi connectivity index (χ3v) is 4.37. The van der Waals surface area contributed by atoms with Crippen LogP contribution in [0.1, 0.15) is 24.2 Å². The highest BCUT2D eigenvalue weighted by Crippen LogP contribution is 2.35. The van der Waals surface area contributed by atoms with Gasteiger partial charge in [-0.05, 0) is 26.0 Å². The normalized spacial score (nSPS) is 10.2. The number of nitro benzene ring substituents is 1. The molecule has 2 aromatic carbocycles. The lowest BCUT2D eigenvalue weighted by molar-refractivity contribution is -0.385. The van der Waals surface area contributed by atoms with Gasteiger partial charge in [0.05, 0.1) is 31.8 Å². The van der Waals surface area contributed by atoms with Gasteiger partial charge in [-0.1, -0.05) is 6.07 Å². The van der Waals surface area contributed by atoms with Crippen molar-refractivity contribution in [3.05, 3.63) is 52.1 Å². The van der Waals surface area contributed by atoms with Crippen molar-refractivity contribution in [1.82, 2.24) is 4.90 Å². The molecule has 10 heteroatoms. The van der Waals surface area contributed by atoms with E-state index < -0.39 is 22.4 Å². The summed E-state index contributed by atoms with van der Waals surface area (Å²) in [4.78, 5) is 37.6. The summed E-state index contributed by atoms with van der Waals surface area (Å²) in [6, 6.07) is 9.18. The van der Waals surface area contributed by atoms with Gasteiger partial charge in [0.2, 0.25) is 5.91 Å². The monoisotopic (exact) mass is 431 g/mol. The van der Waals surface area contributed by atoms with E-state index in [-0.39, 0.29) is 36.8 Å². The minimum atomic E-state index is -0.670. The number of carbonyl (C=O) groups is 2. The lowest BCUT2D eigenvalue weighted by atomic mass is 10.1. The van der Waals surface area contributed by atoms with Crippen molar-refractivity contribution < 1.29 is 28.7 Å². The van der Waals surface area contributed by atoms with Crippen LogP contribution in [0.5, 0.6) is 17.2 Å². The number of benzene rings is 2. The molecular formula is C21H25N3O7. The zero-order valence-corrected chi connectivity index (χ0v) is 17.8. The molecule has 0 aliphatic heterocycles. The van der Waals surface area contributed by atoms with Gasteiger partial charge in [-0.2, -0.15) is 0 Å². The summed E-state index contributed by atoms with van der Waals surface area (Å²) >= 11 is 0. The fourth-order valence-corrected chi connectivity index (χ4v) is 2.87. The predicted octanol–water partition coefficient (Wildman–Crippen LogP) is 3.11. The molecule has 0 atom stereocenters. The molecule has 0 aliphatic rings. The molecule has 2 amide bonds. The Morgan fingerprint density at radius 2 is 1.84 bits per heavy atom. The van der Waals surface area contributed by atoms with E-state index >= 15 is 0 Å². The third kappa shape index (κ3) is 5.84. The van der Waals surface area contributed by atoms with Gasteiger partial charge in [0.1, 0.15) is 17.9 Å². The number of likely N-dealkylation sites (N-methyl/N-ethyl adjacent to an activating group) is 1. The molecule has 2 aromatic rings. The summed E-state index contributed by atoms with van der Waals surface area (Å²) in [6.07, 6.45) is 0. The van der Waals surface area contributed by atoms with Gasteiger partial charge in [0, 0.05) is 24.4 Å². The van der Waals surface area contributed by atoms with E-state index in [1.54, 1.807) is 38.1 Å². The number of nitrogens with one attached hydrogen (secondary N) is 1. The van der Waals surface area contributed by atoms with E-state index in [1.807, 2.05) is 0 Å². The van der Waals surface area contributed by atoms with Crippen LogP contribution in [-0.4, -0.2) is 55.6 Å². The summed E-state index contributed by atoms with van der Waals surface area (Å²) in [5, 5.41) is 14.2. The van der Waals surface area contributed by atoms with Crippen LogP contribution in [0, 0.1) is 10.1 Å². The highest BCUT2D eigenvalue weighted by atomic mass is 16.6. The molecule has 0 aromatic heterocycles. The number of hydrogen-bond acceptors (Lipinski definition) is 7. The number of ether oxygens (including phenoxy) is 3. The number of nitrogens with zero attached hydrogens (tertiary/aromatic N) is 2.